The molecular formula is C19H33N5O9. The summed E-state index contributed by atoms with van der Waals surface area (Å²) in [5, 5.41) is 33.8. The van der Waals surface area contributed by atoms with E-state index >= 15 is 0 Å². The highest BCUT2D eigenvalue weighted by atomic mass is 16.4. The number of aliphatic hydroxyl groups excluding tert-OH is 1. The van der Waals surface area contributed by atoms with Gasteiger partial charge in [0.15, 0.2) is 0 Å². The van der Waals surface area contributed by atoms with Crippen molar-refractivity contribution in [2.75, 3.05) is 6.61 Å². The van der Waals surface area contributed by atoms with Crippen molar-refractivity contribution >= 4 is 35.6 Å². The summed E-state index contributed by atoms with van der Waals surface area (Å²) in [5.41, 5.74) is 10.7. The molecule has 0 spiro atoms. The first-order chi connectivity index (χ1) is 15.3. The fourth-order valence-electron chi connectivity index (χ4n) is 2.68. The summed E-state index contributed by atoms with van der Waals surface area (Å²) in [6.07, 6.45) is -0.980. The van der Waals surface area contributed by atoms with Gasteiger partial charge in [-0.2, -0.15) is 0 Å². The monoisotopic (exact) mass is 475 g/mol. The highest BCUT2D eigenvalue weighted by Gasteiger charge is 2.30. The Morgan fingerprint density at radius 2 is 1.30 bits per heavy atom. The molecule has 0 radical (unpaired) electrons. The Morgan fingerprint density at radius 1 is 0.788 bits per heavy atom. The zero-order chi connectivity index (χ0) is 25.7. The minimum atomic E-state index is -1.59. The minimum Gasteiger partial charge on any atom is -0.481 e. The van der Waals surface area contributed by atoms with Crippen LogP contribution in [0.25, 0.3) is 0 Å². The van der Waals surface area contributed by atoms with Gasteiger partial charge in [0.2, 0.25) is 23.6 Å². The van der Waals surface area contributed by atoms with Gasteiger partial charge in [0.25, 0.3) is 0 Å². The molecule has 4 amide bonds. The number of hydrogen-bond acceptors (Lipinski definition) is 8. The van der Waals surface area contributed by atoms with Gasteiger partial charge >= 0.3 is 11.9 Å². The number of primary amides is 1. The Labute approximate surface area is 190 Å². The van der Waals surface area contributed by atoms with Gasteiger partial charge in [-0.15, -0.1) is 0 Å². The largest absolute Gasteiger partial charge is 0.481 e. The quantitative estimate of drug-likeness (QED) is 0.112. The molecule has 0 bridgehead atoms. The SMILES string of the molecule is CC(C)CC(NC(=O)C(CCC(=O)O)NC(=O)C(N)CCC(N)=O)C(=O)NC(CO)C(=O)O. The molecular weight excluding hydrogens is 442 g/mol. The predicted octanol–water partition coefficient (Wildman–Crippen LogP) is -2.98. The predicted molar refractivity (Wildman–Crippen MR) is 113 cm³/mol. The lowest BCUT2D eigenvalue weighted by molar-refractivity contribution is -0.143. The number of nitrogens with one attached hydrogen (secondary N) is 3. The van der Waals surface area contributed by atoms with E-state index in [2.05, 4.69) is 16.0 Å². The van der Waals surface area contributed by atoms with Gasteiger partial charge in [-0.3, -0.25) is 24.0 Å². The van der Waals surface area contributed by atoms with Gasteiger partial charge < -0.3 is 42.7 Å². The summed E-state index contributed by atoms with van der Waals surface area (Å²) in [5.74, 6) is -6.08. The van der Waals surface area contributed by atoms with E-state index in [1.807, 2.05) is 0 Å². The third kappa shape index (κ3) is 12.4. The third-order valence-corrected chi connectivity index (χ3v) is 4.46. The Kier molecular flexibility index (Phi) is 13.3. The van der Waals surface area contributed by atoms with Gasteiger partial charge in [0, 0.05) is 12.8 Å². The van der Waals surface area contributed by atoms with Crippen molar-refractivity contribution in [2.45, 2.75) is 70.1 Å². The van der Waals surface area contributed by atoms with E-state index in [0.717, 1.165) is 0 Å². The molecule has 0 aromatic carbocycles. The van der Waals surface area contributed by atoms with E-state index in [1.165, 1.54) is 0 Å². The van der Waals surface area contributed by atoms with Crippen molar-refractivity contribution in [1.82, 2.24) is 16.0 Å². The molecule has 0 saturated carbocycles. The summed E-state index contributed by atoms with van der Waals surface area (Å²) in [4.78, 5) is 70.5. The number of carbonyl (C=O) groups excluding carboxylic acids is 4. The first-order valence-electron chi connectivity index (χ1n) is 10.3. The molecule has 10 N–H and O–H groups in total. The molecule has 14 heteroatoms. The van der Waals surface area contributed by atoms with E-state index in [-0.39, 0.29) is 31.6 Å². The number of carboxylic acids is 2. The van der Waals surface area contributed by atoms with Crippen LogP contribution < -0.4 is 27.4 Å². The van der Waals surface area contributed by atoms with E-state index in [9.17, 15) is 28.8 Å². The van der Waals surface area contributed by atoms with Crippen LogP contribution in [0.5, 0.6) is 0 Å². The van der Waals surface area contributed by atoms with Crippen LogP contribution in [0.1, 0.15) is 46.0 Å². The minimum absolute atomic E-state index is 0.0903. The van der Waals surface area contributed by atoms with E-state index in [4.69, 9.17) is 26.8 Å². The lowest BCUT2D eigenvalue weighted by Gasteiger charge is -2.25. The van der Waals surface area contributed by atoms with Crippen molar-refractivity contribution in [1.29, 1.82) is 0 Å². The number of carbonyl (C=O) groups is 6. The molecule has 14 nitrogen and oxygen atoms in total. The van der Waals surface area contributed by atoms with Crippen LogP contribution >= 0.6 is 0 Å². The smallest absolute Gasteiger partial charge is 0.328 e. The number of carboxylic acid groups (broad SMARTS) is 2. The summed E-state index contributed by atoms with van der Waals surface area (Å²) in [6.45, 7) is 2.62. The van der Waals surface area contributed by atoms with Crippen LogP contribution in [0, 0.1) is 5.92 Å². The van der Waals surface area contributed by atoms with Gasteiger partial charge in [-0.1, -0.05) is 13.8 Å². The third-order valence-electron chi connectivity index (χ3n) is 4.46. The maximum atomic E-state index is 12.8. The maximum absolute atomic E-state index is 12.8. The normalized spacial score (nSPS) is 14.5. The van der Waals surface area contributed by atoms with Crippen molar-refractivity contribution < 1.29 is 44.1 Å². The lowest BCUT2D eigenvalue weighted by Crippen LogP contribution is -2.57. The van der Waals surface area contributed by atoms with Gasteiger partial charge in [0.1, 0.15) is 18.1 Å². The molecule has 0 fully saturated rings. The molecule has 188 valence electrons. The number of hydrogen-bond donors (Lipinski definition) is 8. The second-order valence-electron chi connectivity index (χ2n) is 7.88. The van der Waals surface area contributed by atoms with Crippen LogP contribution in [-0.4, -0.2) is 81.7 Å². The maximum Gasteiger partial charge on any atom is 0.328 e. The molecule has 0 aliphatic rings. The van der Waals surface area contributed by atoms with Crippen molar-refractivity contribution in [2.24, 2.45) is 17.4 Å². The first kappa shape index (κ1) is 29.7. The molecule has 0 aliphatic heterocycles. The Morgan fingerprint density at radius 3 is 1.76 bits per heavy atom. The second kappa shape index (κ2) is 14.7. The van der Waals surface area contributed by atoms with Crippen LogP contribution in [0.4, 0.5) is 0 Å². The number of nitrogens with two attached hydrogens (primary N) is 2. The molecule has 0 rings (SSSR count). The van der Waals surface area contributed by atoms with Crippen LogP contribution in [-0.2, 0) is 28.8 Å². The van der Waals surface area contributed by atoms with E-state index in [1.54, 1.807) is 13.8 Å². The van der Waals surface area contributed by atoms with Crippen molar-refractivity contribution in [3.8, 4) is 0 Å². The molecule has 0 heterocycles. The second-order valence-corrected chi connectivity index (χ2v) is 7.88. The van der Waals surface area contributed by atoms with Gasteiger partial charge in [0.05, 0.1) is 12.6 Å². The average Bonchev–Trinajstić information content (AvgIpc) is 2.71. The molecule has 33 heavy (non-hydrogen) atoms. The molecule has 4 unspecified atom stereocenters. The highest BCUT2D eigenvalue weighted by Crippen LogP contribution is 2.08. The molecule has 4 atom stereocenters. The fraction of sp³-hybridized carbons (Fsp3) is 0.684. The van der Waals surface area contributed by atoms with E-state index < -0.39 is 72.8 Å². The number of rotatable bonds is 16. The Balaban J connectivity index is 5.46. The summed E-state index contributed by atoms with van der Waals surface area (Å²) >= 11 is 0. The van der Waals surface area contributed by atoms with Crippen molar-refractivity contribution in [3.63, 3.8) is 0 Å². The van der Waals surface area contributed by atoms with Crippen LogP contribution in [0.2, 0.25) is 0 Å². The highest BCUT2D eigenvalue weighted by molar-refractivity contribution is 5.94. The summed E-state index contributed by atoms with van der Waals surface area (Å²) in [6, 6.07) is -5.37. The number of amides is 4. The van der Waals surface area contributed by atoms with Crippen LogP contribution in [0.15, 0.2) is 0 Å². The summed E-state index contributed by atoms with van der Waals surface area (Å²) in [7, 11) is 0. The standard InChI is InChI=1S/C19H33N5O9/c1-9(2)7-12(18(31)24-13(8-25)19(32)33)23-17(30)11(4-6-15(27)28)22-16(29)10(20)3-5-14(21)26/h9-13,25H,3-8,20H2,1-2H3,(H2,21,26)(H,22,29)(H,23,30)(H,24,31)(H,27,28)(H,32,33). The van der Waals surface area contributed by atoms with Gasteiger partial charge in [-0.25, -0.2) is 4.79 Å². The van der Waals surface area contributed by atoms with Gasteiger partial charge in [-0.05, 0) is 25.2 Å². The van der Waals surface area contributed by atoms with Crippen LogP contribution in [0.3, 0.4) is 0 Å². The zero-order valence-electron chi connectivity index (χ0n) is 18.6. The fourth-order valence-corrected chi connectivity index (χ4v) is 2.68. The molecule has 0 aromatic rings. The Bertz CT molecular complexity index is 728. The molecule has 0 saturated heterocycles. The summed E-state index contributed by atoms with van der Waals surface area (Å²) < 4.78 is 0. The number of aliphatic carboxylic acids is 2. The van der Waals surface area contributed by atoms with E-state index in [0.29, 0.717) is 0 Å². The molecule has 0 aromatic heterocycles. The lowest BCUT2D eigenvalue weighted by atomic mass is 10.0. The molecule has 0 aliphatic carbocycles. The number of aliphatic hydroxyl groups is 1. The first-order valence-corrected chi connectivity index (χ1v) is 10.3. The topological polar surface area (TPSA) is 251 Å². The Hall–Kier alpha value is -3.26. The van der Waals surface area contributed by atoms with Crippen molar-refractivity contribution in [3.05, 3.63) is 0 Å². The zero-order valence-corrected chi connectivity index (χ0v) is 18.6. The average molecular weight is 475 g/mol.